The van der Waals surface area contributed by atoms with E-state index in [1.165, 1.54) is 11.5 Å². The molecule has 0 amide bonds. The Labute approximate surface area is 56.5 Å². The standard InChI is InChI=1S/C4H5S.Rh/c1-2-3-4-5;/h1-5H;/q-1;+2/p-1/b4-3-;. The van der Waals surface area contributed by atoms with Gasteiger partial charge in [0.25, 0.3) is 0 Å². The summed E-state index contributed by atoms with van der Waals surface area (Å²) in [7, 11) is 0. The van der Waals surface area contributed by atoms with Crippen molar-refractivity contribution in [3.8, 4) is 0 Å². The first kappa shape index (κ1) is 9.59. The molecule has 0 rings (SSSR count). The van der Waals surface area contributed by atoms with Gasteiger partial charge in [0.05, 0.1) is 0 Å². The minimum Gasteiger partial charge on any atom is -0.806 e. The predicted molar refractivity (Wildman–Crippen MR) is 25.4 cm³/mol. The van der Waals surface area contributed by atoms with Crippen LogP contribution in [0.1, 0.15) is 0 Å². The van der Waals surface area contributed by atoms with Gasteiger partial charge in [-0.15, -0.1) is 0 Å². The molecule has 0 aliphatic carbocycles. The first-order valence-corrected chi connectivity index (χ1v) is 1.71. The van der Waals surface area contributed by atoms with Crippen LogP contribution in [0.2, 0.25) is 0 Å². The number of allylic oxidation sites excluding steroid dienone is 2. The van der Waals surface area contributed by atoms with E-state index in [1.807, 2.05) is 0 Å². The van der Waals surface area contributed by atoms with E-state index in [4.69, 9.17) is 6.58 Å². The largest absolute Gasteiger partial charge is 2.00 e. The van der Waals surface area contributed by atoms with Gasteiger partial charge in [-0.25, -0.2) is 12.2 Å². The van der Waals surface area contributed by atoms with Crippen LogP contribution in [0.3, 0.4) is 0 Å². The Morgan fingerprint density at radius 2 is 2.00 bits per heavy atom. The Morgan fingerprint density at radius 1 is 1.50 bits per heavy atom. The van der Waals surface area contributed by atoms with Crippen LogP contribution in [0.4, 0.5) is 0 Å². The fourth-order valence-electron chi connectivity index (χ4n) is 0.0454. The smallest absolute Gasteiger partial charge is 0.806 e. The number of hydrogen-bond donors (Lipinski definition) is 0. The van der Waals surface area contributed by atoms with Crippen LogP contribution in [0.25, 0.3) is 0 Å². The van der Waals surface area contributed by atoms with Gasteiger partial charge in [0.15, 0.2) is 0 Å². The molecular formula is C4H4RhS. The molecule has 0 heterocycles. The van der Waals surface area contributed by atoms with Gasteiger partial charge in [-0.1, -0.05) is 0 Å². The van der Waals surface area contributed by atoms with Gasteiger partial charge in [0, 0.05) is 0 Å². The first-order valence-electron chi connectivity index (χ1n) is 1.24. The quantitative estimate of drug-likeness (QED) is 0.256. The van der Waals surface area contributed by atoms with Crippen LogP contribution < -0.4 is 0 Å². The Bertz CT molecular complexity index is 49.5. The second-order valence-corrected chi connectivity index (χ2v) is 0.793. The van der Waals surface area contributed by atoms with E-state index < -0.39 is 0 Å². The van der Waals surface area contributed by atoms with Crippen molar-refractivity contribution in [2.24, 2.45) is 0 Å². The maximum atomic E-state index is 4.86. The zero-order valence-electron chi connectivity index (χ0n) is 3.05. The summed E-state index contributed by atoms with van der Waals surface area (Å²) >= 11 is 4.36. The predicted octanol–water partition coefficient (Wildman–Crippen LogP) is 1.03. The maximum absolute atomic E-state index is 4.86. The van der Waals surface area contributed by atoms with E-state index in [1.54, 1.807) is 6.08 Å². The second-order valence-electron chi connectivity index (χ2n) is 0.521. The van der Waals surface area contributed by atoms with Gasteiger partial charge in [-0.3, -0.25) is 12.0 Å². The van der Waals surface area contributed by atoms with Crippen molar-refractivity contribution in [1.82, 2.24) is 0 Å². The molecule has 6 heavy (non-hydrogen) atoms. The zero-order valence-corrected chi connectivity index (χ0v) is 5.51. The molecule has 0 saturated heterocycles. The van der Waals surface area contributed by atoms with Crippen LogP contribution in [0, 0.1) is 6.58 Å². The van der Waals surface area contributed by atoms with Gasteiger partial charge in [-0.05, 0) is 0 Å². The summed E-state index contributed by atoms with van der Waals surface area (Å²) in [6.45, 7) is 4.86. The number of rotatable bonds is 1. The average molecular weight is 187 g/mol. The molecule has 0 unspecified atom stereocenters. The van der Waals surface area contributed by atoms with E-state index >= 15 is 0 Å². The van der Waals surface area contributed by atoms with Gasteiger partial charge >= 0.3 is 19.5 Å². The van der Waals surface area contributed by atoms with E-state index in [-0.39, 0.29) is 19.5 Å². The van der Waals surface area contributed by atoms with Crippen molar-refractivity contribution in [3.63, 3.8) is 0 Å². The van der Waals surface area contributed by atoms with Gasteiger partial charge in [-0.2, -0.15) is 0 Å². The summed E-state index contributed by atoms with van der Waals surface area (Å²) in [5.41, 5.74) is 0. The molecule has 0 aromatic rings. The molecule has 2 heteroatoms. The minimum absolute atomic E-state index is 0. The molecule has 0 fully saturated rings. The molecule has 0 atom stereocenters. The molecule has 0 saturated carbocycles. The molecule has 0 N–H and O–H groups in total. The van der Waals surface area contributed by atoms with Crippen molar-refractivity contribution in [1.29, 1.82) is 0 Å². The van der Waals surface area contributed by atoms with E-state index in [0.717, 1.165) is 0 Å². The van der Waals surface area contributed by atoms with Crippen molar-refractivity contribution in [2.45, 2.75) is 0 Å². The summed E-state index contributed by atoms with van der Waals surface area (Å²) in [6, 6.07) is 0. The molecule has 0 nitrogen and oxygen atoms in total. The normalized spacial score (nSPS) is 7.33. The Balaban J connectivity index is 0. The second kappa shape index (κ2) is 9.01. The summed E-state index contributed by atoms with van der Waals surface area (Å²) in [5, 5.41) is 1.46. The third-order valence-electron chi connectivity index (χ3n) is 0.190. The topological polar surface area (TPSA) is 0 Å². The van der Waals surface area contributed by atoms with E-state index in [9.17, 15) is 0 Å². The van der Waals surface area contributed by atoms with Gasteiger partial charge < -0.3 is 12.6 Å². The van der Waals surface area contributed by atoms with Gasteiger partial charge in [0.1, 0.15) is 0 Å². The van der Waals surface area contributed by atoms with Crippen LogP contribution in [-0.4, -0.2) is 0 Å². The maximum Gasteiger partial charge on any atom is 2.00 e. The van der Waals surface area contributed by atoms with Crippen molar-refractivity contribution >= 4 is 12.6 Å². The van der Waals surface area contributed by atoms with Gasteiger partial charge in [0.2, 0.25) is 0 Å². The molecular weight excluding hydrogens is 183 g/mol. The third-order valence-corrected chi connectivity index (χ3v) is 0.347. The fourth-order valence-corrected chi connectivity index (χ4v) is 0.136. The minimum atomic E-state index is 0. The van der Waals surface area contributed by atoms with Crippen LogP contribution >= 0.6 is 0 Å². The zero-order chi connectivity index (χ0) is 4.12. The van der Waals surface area contributed by atoms with Crippen molar-refractivity contribution < 1.29 is 19.5 Å². The SMILES string of the molecule is [CH-]=C/C=C\[S-].[Rh+2]. The average Bonchev–Trinajstić information content (AvgIpc) is 1.41. The monoisotopic (exact) mass is 187 g/mol. The van der Waals surface area contributed by atoms with E-state index in [2.05, 4.69) is 12.6 Å². The molecule has 35 valence electrons. The summed E-state index contributed by atoms with van der Waals surface area (Å²) in [4.78, 5) is 0. The Kier molecular flexibility index (Phi) is 14.4. The summed E-state index contributed by atoms with van der Waals surface area (Å²) < 4.78 is 0. The molecule has 0 aliphatic heterocycles. The van der Waals surface area contributed by atoms with Crippen LogP contribution in [0.5, 0.6) is 0 Å². The number of hydrogen-bond acceptors (Lipinski definition) is 1. The molecule has 0 aromatic carbocycles. The van der Waals surface area contributed by atoms with Crippen molar-refractivity contribution in [3.05, 3.63) is 24.1 Å². The molecule has 1 radical (unpaired) electrons. The van der Waals surface area contributed by atoms with Crippen LogP contribution in [0.15, 0.2) is 17.6 Å². The first-order chi connectivity index (χ1) is 2.41. The summed E-state index contributed by atoms with van der Waals surface area (Å²) in [6.07, 6.45) is 2.99. The Hall–Kier alpha value is 0.323. The summed E-state index contributed by atoms with van der Waals surface area (Å²) in [5.74, 6) is 0. The Morgan fingerprint density at radius 3 is 2.00 bits per heavy atom. The third kappa shape index (κ3) is 8.85. The van der Waals surface area contributed by atoms with Crippen LogP contribution in [-0.2, 0) is 32.1 Å². The van der Waals surface area contributed by atoms with Crippen molar-refractivity contribution in [2.75, 3.05) is 0 Å². The molecule has 0 spiro atoms. The van der Waals surface area contributed by atoms with E-state index in [0.29, 0.717) is 0 Å². The molecule has 0 aliphatic rings. The molecule has 0 bridgehead atoms. The fraction of sp³-hybridized carbons (Fsp3) is 0. The molecule has 0 aromatic heterocycles.